The van der Waals surface area contributed by atoms with Crippen molar-refractivity contribution in [2.45, 2.75) is 6.92 Å². The minimum atomic E-state index is -0.494. The lowest BCUT2D eigenvalue weighted by Gasteiger charge is -2.08. The molecule has 6 nitrogen and oxygen atoms in total. The van der Waals surface area contributed by atoms with Crippen molar-refractivity contribution in [3.05, 3.63) is 24.0 Å². The predicted octanol–water partition coefficient (Wildman–Crippen LogP) is 1.82. The lowest BCUT2D eigenvalue weighted by molar-refractivity contribution is 0.0519. The second-order valence-corrected chi connectivity index (χ2v) is 3.67. The van der Waals surface area contributed by atoms with Gasteiger partial charge in [0.05, 0.1) is 38.1 Å². The van der Waals surface area contributed by atoms with E-state index in [2.05, 4.69) is 9.97 Å². The normalized spacial score (nSPS) is 10.3. The number of benzene rings is 1. The molecule has 1 aromatic heterocycles. The van der Waals surface area contributed by atoms with Crippen LogP contribution in [0.15, 0.2) is 18.3 Å². The summed E-state index contributed by atoms with van der Waals surface area (Å²) < 4.78 is 15.2. The van der Waals surface area contributed by atoms with Gasteiger partial charge in [0.1, 0.15) is 0 Å². The number of nitrogens with zero attached hydrogens (tertiary/aromatic N) is 2. The number of aromatic nitrogens is 2. The minimum Gasteiger partial charge on any atom is -0.493 e. The van der Waals surface area contributed by atoms with Crippen LogP contribution in [0, 0.1) is 0 Å². The standard InChI is InChI=1S/C13H14N2O4/c1-4-19-13(16)10-7-14-8-5-11(17-2)12(18-3)6-9(8)15-10/h5-7H,4H2,1-3H3. The van der Waals surface area contributed by atoms with Gasteiger partial charge in [-0.2, -0.15) is 0 Å². The number of rotatable bonds is 4. The molecule has 19 heavy (non-hydrogen) atoms. The topological polar surface area (TPSA) is 70.5 Å². The fourth-order valence-electron chi connectivity index (χ4n) is 1.64. The molecule has 0 atom stereocenters. The van der Waals surface area contributed by atoms with Crippen molar-refractivity contribution in [3.63, 3.8) is 0 Å². The van der Waals surface area contributed by atoms with Crippen molar-refractivity contribution in [2.75, 3.05) is 20.8 Å². The second-order valence-electron chi connectivity index (χ2n) is 3.67. The average Bonchev–Trinajstić information content (AvgIpc) is 2.45. The molecule has 6 heteroatoms. The number of hydrogen-bond donors (Lipinski definition) is 0. The molecule has 0 saturated heterocycles. The van der Waals surface area contributed by atoms with Gasteiger partial charge in [0.2, 0.25) is 0 Å². The molecule has 0 fully saturated rings. The zero-order chi connectivity index (χ0) is 13.8. The smallest absolute Gasteiger partial charge is 0.358 e. The quantitative estimate of drug-likeness (QED) is 0.783. The summed E-state index contributed by atoms with van der Waals surface area (Å²) in [5, 5.41) is 0. The lowest BCUT2D eigenvalue weighted by Crippen LogP contribution is -2.07. The van der Waals surface area contributed by atoms with Gasteiger partial charge in [0.25, 0.3) is 0 Å². The Hall–Kier alpha value is -2.37. The van der Waals surface area contributed by atoms with Crippen LogP contribution in [0.4, 0.5) is 0 Å². The Morgan fingerprint density at radius 1 is 1.16 bits per heavy atom. The molecule has 0 radical (unpaired) electrons. The van der Waals surface area contributed by atoms with Crippen molar-refractivity contribution >= 4 is 17.0 Å². The van der Waals surface area contributed by atoms with E-state index >= 15 is 0 Å². The molecule has 0 amide bonds. The summed E-state index contributed by atoms with van der Waals surface area (Å²) >= 11 is 0. The first-order valence-corrected chi connectivity index (χ1v) is 5.75. The van der Waals surface area contributed by atoms with Crippen molar-refractivity contribution in [1.29, 1.82) is 0 Å². The number of hydrogen-bond acceptors (Lipinski definition) is 6. The second kappa shape index (κ2) is 5.51. The van der Waals surface area contributed by atoms with Crippen molar-refractivity contribution in [3.8, 4) is 11.5 Å². The van der Waals surface area contributed by atoms with Gasteiger partial charge in [-0.05, 0) is 6.92 Å². The average molecular weight is 262 g/mol. The van der Waals surface area contributed by atoms with E-state index in [1.165, 1.54) is 13.3 Å². The van der Waals surface area contributed by atoms with Crippen LogP contribution in [-0.2, 0) is 4.74 Å². The zero-order valence-electron chi connectivity index (χ0n) is 11.0. The predicted molar refractivity (Wildman–Crippen MR) is 68.6 cm³/mol. The van der Waals surface area contributed by atoms with Crippen LogP contribution >= 0.6 is 0 Å². The van der Waals surface area contributed by atoms with E-state index in [1.807, 2.05) is 0 Å². The third-order valence-electron chi connectivity index (χ3n) is 2.53. The first-order valence-electron chi connectivity index (χ1n) is 5.75. The minimum absolute atomic E-state index is 0.168. The van der Waals surface area contributed by atoms with E-state index in [0.29, 0.717) is 29.1 Å². The maximum atomic E-state index is 11.6. The number of fused-ring (bicyclic) bond motifs is 1. The number of carbonyl (C=O) groups excluding carboxylic acids is 1. The third kappa shape index (κ3) is 2.57. The number of methoxy groups -OCH3 is 2. The van der Waals surface area contributed by atoms with Crippen molar-refractivity contribution in [1.82, 2.24) is 9.97 Å². The van der Waals surface area contributed by atoms with Crippen molar-refractivity contribution < 1.29 is 19.0 Å². The van der Waals surface area contributed by atoms with Gasteiger partial charge in [-0.3, -0.25) is 4.98 Å². The highest BCUT2D eigenvalue weighted by Crippen LogP contribution is 2.30. The highest BCUT2D eigenvalue weighted by molar-refractivity contribution is 5.90. The van der Waals surface area contributed by atoms with Crippen LogP contribution < -0.4 is 9.47 Å². The molecule has 0 aliphatic rings. The molecule has 0 N–H and O–H groups in total. The summed E-state index contributed by atoms with van der Waals surface area (Å²) in [6, 6.07) is 3.37. The Morgan fingerprint density at radius 2 is 1.79 bits per heavy atom. The van der Waals surface area contributed by atoms with Gasteiger partial charge >= 0.3 is 5.97 Å². The number of carbonyl (C=O) groups is 1. The summed E-state index contributed by atoms with van der Waals surface area (Å²) in [7, 11) is 3.08. The van der Waals surface area contributed by atoms with Crippen LogP contribution in [0.25, 0.3) is 11.0 Å². The van der Waals surface area contributed by atoms with Crippen LogP contribution in [-0.4, -0.2) is 36.8 Å². The monoisotopic (exact) mass is 262 g/mol. The molecular weight excluding hydrogens is 248 g/mol. The molecule has 0 aliphatic heterocycles. The van der Waals surface area contributed by atoms with E-state index in [-0.39, 0.29) is 5.69 Å². The fourth-order valence-corrected chi connectivity index (χ4v) is 1.64. The molecule has 0 aliphatic carbocycles. The Kier molecular flexibility index (Phi) is 3.79. The van der Waals surface area contributed by atoms with Crippen LogP contribution in [0.1, 0.15) is 17.4 Å². The van der Waals surface area contributed by atoms with E-state index < -0.39 is 5.97 Å². The first kappa shape index (κ1) is 13.1. The molecule has 2 rings (SSSR count). The van der Waals surface area contributed by atoms with Gasteiger partial charge in [0, 0.05) is 12.1 Å². The Morgan fingerprint density at radius 3 is 2.37 bits per heavy atom. The van der Waals surface area contributed by atoms with E-state index in [1.54, 1.807) is 26.2 Å². The van der Waals surface area contributed by atoms with E-state index in [4.69, 9.17) is 14.2 Å². The molecular formula is C13H14N2O4. The molecule has 1 aromatic carbocycles. The highest BCUT2D eigenvalue weighted by atomic mass is 16.5. The number of ether oxygens (including phenoxy) is 3. The molecule has 0 spiro atoms. The Labute approximate surface area is 110 Å². The fraction of sp³-hybridized carbons (Fsp3) is 0.308. The van der Waals surface area contributed by atoms with Gasteiger partial charge in [0.15, 0.2) is 17.2 Å². The lowest BCUT2D eigenvalue weighted by atomic mass is 10.2. The highest BCUT2D eigenvalue weighted by Gasteiger charge is 2.12. The van der Waals surface area contributed by atoms with Gasteiger partial charge in [-0.25, -0.2) is 9.78 Å². The molecule has 0 unspecified atom stereocenters. The molecule has 1 heterocycles. The largest absolute Gasteiger partial charge is 0.493 e. The summed E-state index contributed by atoms with van der Waals surface area (Å²) in [6.45, 7) is 2.03. The maximum absolute atomic E-state index is 11.6. The van der Waals surface area contributed by atoms with Crippen molar-refractivity contribution in [2.24, 2.45) is 0 Å². The van der Waals surface area contributed by atoms with Gasteiger partial charge in [-0.15, -0.1) is 0 Å². The van der Waals surface area contributed by atoms with Crippen LogP contribution in [0.2, 0.25) is 0 Å². The molecule has 0 bridgehead atoms. The summed E-state index contributed by atoms with van der Waals surface area (Å²) in [5.74, 6) is 0.602. The molecule has 0 saturated carbocycles. The van der Waals surface area contributed by atoms with Crippen LogP contribution in [0.3, 0.4) is 0 Å². The maximum Gasteiger partial charge on any atom is 0.358 e. The Bertz CT molecular complexity index is 613. The number of esters is 1. The van der Waals surface area contributed by atoms with E-state index in [9.17, 15) is 4.79 Å². The van der Waals surface area contributed by atoms with E-state index in [0.717, 1.165) is 0 Å². The van der Waals surface area contributed by atoms with Gasteiger partial charge < -0.3 is 14.2 Å². The summed E-state index contributed by atoms with van der Waals surface area (Å²) in [6.07, 6.45) is 1.38. The molecule has 100 valence electrons. The van der Waals surface area contributed by atoms with Gasteiger partial charge in [-0.1, -0.05) is 0 Å². The zero-order valence-corrected chi connectivity index (χ0v) is 11.0. The Balaban J connectivity index is 2.50. The third-order valence-corrected chi connectivity index (χ3v) is 2.53. The summed E-state index contributed by atoms with van der Waals surface area (Å²) in [4.78, 5) is 20.0. The first-order chi connectivity index (χ1) is 9.19. The summed E-state index contributed by atoms with van der Waals surface area (Å²) in [5.41, 5.74) is 1.33. The van der Waals surface area contributed by atoms with Crippen LogP contribution in [0.5, 0.6) is 11.5 Å². The molecule has 2 aromatic rings. The SMILES string of the molecule is CCOC(=O)c1cnc2cc(OC)c(OC)cc2n1.